The molecule has 2 heterocycles. The van der Waals surface area contributed by atoms with Gasteiger partial charge in [0, 0.05) is 11.6 Å². The number of hydrogen-bond donors (Lipinski definition) is 1. The first-order valence-electron chi connectivity index (χ1n) is 8.59. The standard InChI is InChI=1S/C19H15FN6O2S/c1-12-5-7-13(8-6-12)16-10-18(28-23-16)21-17(27)11-29-19-22-24-25-26(19)15-4-2-3-14(20)9-15/h2-10H,11H2,1H3,(H,21,27). The molecule has 0 unspecified atom stereocenters. The first-order valence-corrected chi connectivity index (χ1v) is 9.58. The number of carbonyl (C=O) groups is 1. The lowest BCUT2D eigenvalue weighted by Gasteiger charge is -2.04. The van der Waals surface area contributed by atoms with Crippen LogP contribution in [0.3, 0.4) is 0 Å². The third kappa shape index (κ3) is 4.49. The molecule has 4 aromatic rings. The first kappa shape index (κ1) is 18.8. The highest BCUT2D eigenvalue weighted by molar-refractivity contribution is 7.99. The highest BCUT2D eigenvalue weighted by Gasteiger charge is 2.14. The lowest BCUT2D eigenvalue weighted by Crippen LogP contribution is -2.14. The number of tetrazole rings is 1. The van der Waals surface area contributed by atoms with Crippen LogP contribution in [0.5, 0.6) is 0 Å². The smallest absolute Gasteiger partial charge is 0.237 e. The summed E-state index contributed by atoms with van der Waals surface area (Å²) >= 11 is 1.12. The summed E-state index contributed by atoms with van der Waals surface area (Å²) in [5, 5.41) is 18.3. The average Bonchev–Trinajstić information content (AvgIpc) is 3.36. The molecule has 0 radical (unpaired) electrons. The van der Waals surface area contributed by atoms with Gasteiger partial charge in [0.1, 0.15) is 11.5 Å². The Hall–Kier alpha value is -3.53. The quantitative estimate of drug-likeness (QED) is 0.486. The summed E-state index contributed by atoms with van der Waals surface area (Å²) in [4.78, 5) is 12.2. The van der Waals surface area contributed by atoms with Crippen molar-refractivity contribution in [3.8, 4) is 16.9 Å². The van der Waals surface area contributed by atoms with Gasteiger partial charge in [-0.3, -0.25) is 10.1 Å². The molecule has 146 valence electrons. The van der Waals surface area contributed by atoms with Crippen molar-refractivity contribution in [2.24, 2.45) is 0 Å². The van der Waals surface area contributed by atoms with Crippen LogP contribution >= 0.6 is 11.8 Å². The molecular weight excluding hydrogens is 395 g/mol. The lowest BCUT2D eigenvalue weighted by molar-refractivity contribution is -0.113. The van der Waals surface area contributed by atoms with Gasteiger partial charge < -0.3 is 4.52 Å². The predicted molar refractivity (Wildman–Crippen MR) is 105 cm³/mol. The number of carbonyl (C=O) groups excluding carboxylic acids is 1. The molecule has 10 heteroatoms. The fraction of sp³-hybridized carbons (Fsp3) is 0.105. The third-order valence-electron chi connectivity index (χ3n) is 3.95. The maximum Gasteiger partial charge on any atom is 0.237 e. The minimum Gasteiger partial charge on any atom is -0.338 e. The van der Waals surface area contributed by atoms with E-state index in [0.717, 1.165) is 22.9 Å². The van der Waals surface area contributed by atoms with Crippen LogP contribution in [0, 0.1) is 12.7 Å². The average molecular weight is 410 g/mol. The summed E-state index contributed by atoms with van der Waals surface area (Å²) in [7, 11) is 0. The zero-order valence-corrected chi connectivity index (χ0v) is 16.1. The van der Waals surface area contributed by atoms with Gasteiger partial charge in [-0.25, -0.2) is 4.39 Å². The summed E-state index contributed by atoms with van der Waals surface area (Å²) in [6.07, 6.45) is 0. The molecule has 8 nitrogen and oxygen atoms in total. The van der Waals surface area contributed by atoms with Gasteiger partial charge in [-0.1, -0.05) is 52.8 Å². The van der Waals surface area contributed by atoms with Crippen LogP contribution in [0.4, 0.5) is 10.3 Å². The van der Waals surface area contributed by atoms with Gasteiger partial charge in [-0.05, 0) is 35.5 Å². The van der Waals surface area contributed by atoms with Gasteiger partial charge in [0.15, 0.2) is 0 Å². The Labute approximate surface area is 169 Å². The Morgan fingerprint density at radius 1 is 1.21 bits per heavy atom. The molecule has 0 atom stereocenters. The monoisotopic (exact) mass is 410 g/mol. The number of nitrogens with one attached hydrogen (secondary N) is 1. The summed E-state index contributed by atoms with van der Waals surface area (Å²) in [6.45, 7) is 2.00. The summed E-state index contributed by atoms with van der Waals surface area (Å²) in [5.74, 6) is -0.427. The van der Waals surface area contributed by atoms with Gasteiger partial charge in [-0.15, -0.1) is 5.10 Å². The van der Waals surface area contributed by atoms with E-state index in [-0.39, 0.29) is 17.5 Å². The van der Waals surface area contributed by atoms with Crippen molar-refractivity contribution in [1.82, 2.24) is 25.4 Å². The summed E-state index contributed by atoms with van der Waals surface area (Å²) in [6, 6.07) is 15.3. The van der Waals surface area contributed by atoms with Crippen LogP contribution < -0.4 is 5.32 Å². The number of rotatable bonds is 6. The second-order valence-electron chi connectivity index (χ2n) is 6.13. The maximum absolute atomic E-state index is 13.4. The van der Waals surface area contributed by atoms with Crippen LogP contribution in [0.1, 0.15) is 5.56 Å². The van der Waals surface area contributed by atoms with Crippen molar-refractivity contribution >= 4 is 23.6 Å². The zero-order chi connectivity index (χ0) is 20.2. The molecule has 4 rings (SSSR count). The topological polar surface area (TPSA) is 98.7 Å². The molecule has 0 bridgehead atoms. The highest BCUT2D eigenvalue weighted by atomic mass is 32.2. The Morgan fingerprint density at radius 3 is 2.83 bits per heavy atom. The van der Waals surface area contributed by atoms with E-state index in [1.54, 1.807) is 18.2 Å². The van der Waals surface area contributed by atoms with E-state index in [4.69, 9.17) is 4.52 Å². The van der Waals surface area contributed by atoms with Crippen LogP contribution in [-0.2, 0) is 4.79 Å². The van der Waals surface area contributed by atoms with E-state index in [1.165, 1.54) is 16.8 Å². The molecule has 0 spiro atoms. The van der Waals surface area contributed by atoms with Gasteiger partial charge in [-0.2, -0.15) is 4.68 Å². The van der Waals surface area contributed by atoms with Crippen molar-refractivity contribution in [1.29, 1.82) is 0 Å². The first-order chi connectivity index (χ1) is 14.1. The SMILES string of the molecule is Cc1ccc(-c2cc(NC(=O)CSc3nnnn3-c3cccc(F)c3)on2)cc1. The number of amides is 1. The molecule has 0 aliphatic rings. The fourth-order valence-corrected chi connectivity index (χ4v) is 3.23. The van der Waals surface area contributed by atoms with Crippen molar-refractivity contribution in [2.45, 2.75) is 12.1 Å². The number of halogens is 1. The van der Waals surface area contributed by atoms with Crippen LogP contribution in [0.2, 0.25) is 0 Å². The molecule has 2 aromatic carbocycles. The molecule has 0 aliphatic heterocycles. The number of thioether (sulfide) groups is 1. The Kier molecular flexibility index (Phi) is 5.34. The molecule has 1 N–H and O–H groups in total. The zero-order valence-electron chi connectivity index (χ0n) is 15.2. The predicted octanol–water partition coefficient (Wildman–Crippen LogP) is 3.50. The number of aryl methyl sites for hydroxylation is 1. The van der Waals surface area contributed by atoms with Gasteiger partial charge in [0.05, 0.1) is 11.4 Å². The molecule has 2 aromatic heterocycles. The van der Waals surface area contributed by atoms with Crippen molar-refractivity contribution < 1.29 is 13.7 Å². The second-order valence-corrected chi connectivity index (χ2v) is 7.07. The normalized spacial score (nSPS) is 10.8. The molecular formula is C19H15FN6O2S. The number of nitrogens with zero attached hydrogens (tertiary/aromatic N) is 5. The summed E-state index contributed by atoms with van der Waals surface area (Å²) < 4.78 is 20.0. The molecule has 0 fully saturated rings. The minimum absolute atomic E-state index is 0.0380. The van der Waals surface area contributed by atoms with E-state index in [9.17, 15) is 9.18 Å². The number of benzene rings is 2. The van der Waals surface area contributed by atoms with Crippen LogP contribution in [0.25, 0.3) is 16.9 Å². The summed E-state index contributed by atoms with van der Waals surface area (Å²) in [5.41, 5.74) is 3.13. The molecule has 1 amide bonds. The fourth-order valence-electron chi connectivity index (χ4n) is 2.54. The van der Waals surface area contributed by atoms with Crippen LogP contribution in [-0.4, -0.2) is 37.0 Å². The van der Waals surface area contributed by atoms with Gasteiger partial charge in [0.25, 0.3) is 0 Å². The molecule has 0 aliphatic carbocycles. The highest BCUT2D eigenvalue weighted by Crippen LogP contribution is 2.23. The van der Waals surface area contributed by atoms with E-state index in [0.29, 0.717) is 16.5 Å². The number of aromatic nitrogens is 5. The number of hydrogen-bond acceptors (Lipinski definition) is 7. The van der Waals surface area contributed by atoms with E-state index in [1.807, 2.05) is 31.2 Å². The lowest BCUT2D eigenvalue weighted by atomic mass is 10.1. The van der Waals surface area contributed by atoms with Gasteiger partial charge in [0.2, 0.25) is 16.9 Å². The Morgan fingerprint density at radius 2 is 2.03 bits per heavy atom. The Balaban J connectivity index is 1.38. The minimum atomic E-state index is -0.401. The van der Waals surface area contributed by atoms with Gasteiger partial charge >= 0.3 is 0 Å². The Bertz CT molecular complexity index is 1140. The van der Waals surface area contributed by atoms with Crippen molar-refractivity contribution in [3.63, 3.8) is 0 Å². The number of anilines is 1. The van der Waals surface area contributed by atoms with E-state index < -0.39 is 5.82 Å². The molecule has 0 saturated heterocycles. The van der Waals surface area contributed by atoms with E-state index >= 15 is 0 Å². The second kappa shape index (κ2) is 8.23. The van der Waals surface area contributed by atoms with Crippen molar-refractivity contribution in [2.75, 3.05) is 11.1 Å². The van der Waals surface area contributed by atoms with Crippen LogP contribution in [0.15, 0.2) is 64.3 Å². The van der Waals surface area contributed by atoms with E-state index in [2.05, 4.69) is 26.0 Å². The maximum atomic E-state index is 13.4. The van der Waals surface area contributed by atoms with Crippen molar-refractivity contribution in [3.05, 3.63) is 66.0 Å². The molecule has 29 heavy (non-hydrogen) atoms. The third-order valence-corrected chi connectivity index (χ3v) is 4.87. The largest absolute Gasteiger partial charge is 0.338 e. The molecule has 0 saturated carbocycles.